The smallest absolute Gasteiger partial charge is 0.251 e. The van der Waals surface area contributed by atoms with Crippen molar-refractivity contribution in [3.8, 4) is 17.0 Å². The fourth-order valence-electron chi connectivity index (χ4n) is 3.66. The maximum absolute atomic E-state index is 12.6. The third kappa shape index (κ3) is 4.25. The monoisotopic (exact) mass is 405 g/mol. The predicted octanol–water partition coefficient (Wildman–Crippen LogP) is 3.16. The van der Waals surface area contributed by atoms with Gasteiger partial charge in [0.05, 0.1) is 12.8 Å². The number of nitrogens with zero attached hydrogens (tertiary/aromatic N) is 3. The molecule has 3 aromatic rings. The van der Waals surface area contributed by atoms with Gasteiger partial charge in [-0.2, -0.15) is 5.10 Å². The molecule has 0 unspecified atom stereocenters. The van der Waals surface area contributed by atoms with Crippen molar-refractivity contribution in [2.75, 3.05) is 44.1 Å². The van der Waals surface area contributed by atoms with Crippen LogP contribution in [0, 0.1) is 0 Å². The SMILES string of the molecule is COc1ccc(-c2cc(N3CC[C@H](NC(=O)c4ccc(N(C)C)cc4)C3)n[nH]2)cc1. The summed E-state index contributed by atoms with van der Waals surface area (Å²) in [5, 5.41) is 10.7. The molecule has 0 spiro atoms. The van der Waals surface area contributed by atoms with Crippen LogP contribution in [-0.2, 0) is 0 Å². The molecule has 7 heteroatoms. The first-order valence-corrected chi connectivity index (χ1v) is 10.1. The van der Waals surface area contributed by atoms with Gasteiger partial charge < -0.3 is 19.9 Å². The van der Waals surface area contributed by atoms with Crippen LogP contribution in [0.15, 0.2) is 54.6 Å². The molecule has 1 aliphatic rings. The summed E-state index contributed by atoms with van der Waals surface area (Å²) >= 11 is 0. The van der Waals surface area contributed by atoms with Crippen LogP contribution < -0.4 is 19.9 Å². The molecular formula is C23H27N5O2. The van der Waals surface area contributed by atoms with E-state index in [4.69, 9.17) is 4.74 Å². The number of anilines is 2. The first-order chi connectivity index (χ1) is 14.5. The largest absolute Gasteiger partial charge is 0.497 e. The molecule has 1 saturated heterocycles. The Labute approximate surface area is 176 Å². The van der Waals surface area contributed by atoms with E-state index in [1.54, 1.807) is 7.11 Å². The number of carbonyl (C=O) groups excluding carboxylic acids is 1. The Balaban J connectivity index is 1.36. The standard InChI is InChI=1S/C23H27N5O2/c1-27(2)19-8-4-17(5-9-19)23(29)24-18-12-13-28(15-18)22-14-21(25-26-22)16-6-10-20(30-3)11-7-16/h4-11,14,18H,12-13,15H2,1-3H3,(H,24,29)(H,25,26)/t18-/m0/s1. The third-order valence-electron chi connectivity index (χ3n) is 5.46. The van der Waals surface area contributed by atoms with Crippen LogP contribution in [0.4, 0.5) is 11.5 Å². The van der Waals surface area contributed by atoms with Crippen molar-refractivity contribution < 1.29 is 9.53 Å². The van der Waals surface area contributed by atoms with Gasteiger partial charge in [0.15, 0.2) is 5.82 Å². The van der Waals surface area contributed by atoms with Crippen molar-refractivity contribution >= 4 is 17.4 Å². The number of carbonyl (C=O) groups is 1. The second-order valence-electron chi connectivity index (χ2n) is 7.71. The van der Waals surface area contributed by atoms with E-state index in [2.05, 4.69) is 20.4 Å². The summed E-state index contributed by atoms with van der Waals surface area (Å²) in [4.78, 5) is 16.8. The van der Waals surface area contributed by atoms with E-state index in [0.29, 0.717) is 5.56 Å². The second-order valence-corrected chi connectivity index (χ2v) is 7.71. The number of H-pyrrole nitrogens is 1. The first-order valence-electron chi connectivity index (χ1n) is 10.1. The predicted molar refractivity (Wildman–Crippen MR) is 119 cm³/mol. The number of benzene rings is 2. The van der Waals surface area contributed by atoms with E-state index in [9.17, 15) is 4.79 Å². The molecule has 0 saturated carbocycles. The van der Waals surface area contributed by atoms with Gasteiger partial charge in [-0.05, 0) is 60.5 Å². The zero-order chi connectivity index (χ0) is 21.1. The average molecular weight is 406 g/mol. The lowest BCUT2D eigenvalue weighted by molar-refractivity contribution is 0.0940. The summed E-state index contributed by atoms with van der Waals surface area (Å²) in [6, 6.07) is 17.7. The first kappa shape index (κ1) is 19.8. The molecule has 1 aromatic heterocycles. The normalized spacial score (nSPS) is 15.8. The van der Waals surface area contributed by atoms with Crippen LogP contribution in [0.2, 0.25) is 0 Å². The topological polar surface area (TPSA) is 73.5 Å². The number of methoxy groups -OCH3 is 1. The van der Waals surface area contributed by atoms with Crippen LogP contribution in [0.1, 0.15) is 16.8 Å². The lowest BCUT2D eigenvalue weighted by Crippen LogP contribution is -2.37. The molecule has 1 fully saturated rings. The maximum Gasteiger partial charge on any atom is 0.251 e. The van der Waals surface area contributed by atoms with Gasteiger partial charge >= 0.3 is 0 Å². The van der Waals surface area contributed by atoms with Crippen molar-refractivity contribution in [3.63, 3.8) is 0 Å². The quantitative estimate of drug-likeness (QED) is 0.659. The Morgan fingerprint density at radius 3 is 2.57 bits per heavy atom. The van der Waals surface area contributed by atoms with Crippen LogP contribution in [0.25, 0.3) is 11.3 Å². The highest BCUT2D eigenvalue weighted by atomic mass is 16.5. The number of ether oxygens (including phenoxy) is 1. The van der Waals surface area contributed by atoms with Gasteiger partial charge in [-0.15, -0.1) is 0 Å². The Morgan fingerprint density at radius 2 is 1.90 bits per heavy atom. The average Bonchev–Trinajstić information content (AvgIpc) is 3.43. The van der Waals surface area contributed by atoms with E-state index < -0.39 is 0 Å². The highest BCUT2D eigenvalue weighted by Crippen LogP contribution is 2.26. The molecule has 0 radical (unpaired) electrons. The molecule has 1 aliphatic heterocycles. The van der Waals surface area contributed by atoms with Crippen molar-refractivity contribution in [3.05, 3.63) is 60.2 Å². The molecule has 2 N–H and O–H groups in total. The van der Waals surface area contributed by atoms with E-state index in [1.165, 1.54) is 0 Å². The highest BCUT2D eigenvalue weighted by molar-refractivity contribution is 5.94. The van der Waals surface area contributed by atoms with Crippen LogP contribution >= 0.6 is 0 Å². The molecule has 30 heavy (non-hydrogen) atoms. The molecule has 1 atom stereocenters. The highest BCUT2D eigenvalue weighted by Gasteiger charge is 2.26. The molecule has 1 amide bonds. The number of hydrogen-bond donors (Lipinski definition) is 2. The summed E-state index contributed by atoms with van der Waals surface area (Å²) < 4.78 is 5.21. The lowest BCUT2D eigenvalue weighted by Gasteiger charge is -2.16. The van der Waals surface area contributed by atoms with E-state index in [0.717, 1.165) is 48.0 Å². The van der Waals surface area contributed by atoms with Crippen LogP contribution in [0.3, 0.4) is 0 Å². The summed E-state index contributed by atoms with van der Waals surface area (Å²) in [5.74, 6) is 1.69. The zero-order valence-corrected chi connectivity index (χ0v) is 17.6. The Bertz CT molecular complexity index is 995. The molecule has 0 aliphatic carbocycles. The van der Waals surface area contributed by atoms with Gasteiger partial charge in [-0.1, -0.05) is 0 Å². The van der Waals surface area contributed by atoms with Gasteiger partial charge in [0.25, 0.3) is 5.91 Å². The molecule has 156 valence electrons. The Hall–Kier alpha value is -3.48. The van der Waals surface area contributed by atoms with E-state index in [1.807, 2.05) is 73.6 Å². The van der Waals surface area contributed by atoms with Crippen molar-refractivity contribution in [2.24, 2.45) is 0 Å². The number of amides is 1. The van der Waals surface area contributed by atoms with Crippen LogP contribution in [0.5, 0.6) is 5.75 Å². The summed E-state index contributed by atoms with van der Waals surface area (Å²) in [5.41, 5.74) is 3.77. The zero-order valence-electron chi connectivity index (χ0n) is 17.6. The molecule has 7 nitrogen and oxygen atoms in total. The molecule has 2 heterocycles. The molecule has 4 rings (SSSR count). The number of hydrogen-bond acceptors (Lipinski definition) is 5. The minimum absolute atomic E-state index is 0.0342. The van der Waals surface area contributed by atoms with Gasteiger partial charge in [0.1, 0.15) is 5.75 Å². The fraction of sp³-hybridized carbons (Fsp3) is 0.304. The van der Waals surface area contributed by atoms with Crippen molar-refractivity contribution in [1.29, 1.82) is 0 Å². The summed E-state index contributed by atoms with van der Waals surface area (Å²) in [7, 11) is 5.62. The van der Waals surface area contributed by atoms with E-state index >= 15 is 0 Å². The number of nitrogens with one attached hydrogen (secondary N) is 2. The Morgan fingerprint density at radius 1 is 1.17 bits per heavy atom. The van der Waals surface area contributed by atoms with Crippen molar-refractivity contribution in [1.82, 2.24) is 15.5 Å². The molecule has 2 aromatic carbocycles. The summed E-state index contributed by atoms with van der Waals surface area (Å²) in [6.07, 6.45) is 0.895. The van der Waals surface area contributed by atoms with E-state index in [-0.39, 0.29) is 11.9 Å². The maximum atomic E-state index is 12.6. The van der Waals surface area contributed by atoms with Gasteiger partial charge in [0, 0.05) is 50.5 Å². The van der Waals surface area contributed by atoms with Crippen LogP contribution in [-0.4, -0.2) is 56.4 Å². The van der Waals surface area contributed by atoms with Crippen molar-refractivity contribution in [2.45, 2.75) is 12.5 Å². The molecule has 0 bridgehead atoms. The lowest BCUT2D eigenvalue weighted by atomic mass is 10.1. The third-order valence-corrected chi connectivity index (χ3v) is 5.46. The number of aromatic nitrogens is 2. The Kier molecular flexibility index (Phi) is 5.61. The van der Waals surface area contributed by atoms with Gasteiger partial charge in [-0.25, -0.2) is 0 Å². The minimum atomic E-state index is -0.0342. The molecular weight excluding hydrogens is 378 g/mol. The number of rotatable bonds is 6. The van der Waals surface area contributed by atoms with Gasteiger partial charge in [-0.3, -0.25) is 9.89 Å². The minimum Gasteiger partial charge on any atom is -0.497 e. The van der Waals surface area contributed by atoms with Gasteiger partial charge in [0.2, 0.25) is 0 Å². The number of aromatic amines is 1. The fourth-order valence-corrected chi connectivity index (χ4v) is 3.66. The summed E-state index contributed by atoms with van der Waals surface area (Å²) in [6.45, 7) is 1.60. The second kappa shape index (κ2) is 8.49.